The first kappa shape index (κ1) is 19.6. The zero-order valence-corrected chi connectivity index (χ0v) is 16.9. The Balaban J connectivity index is 1.41. The molecule has 0 saturated carbocycles. The molecule has 0 radical (unpaired) electrons. The number of hydrogen-bond acceptors (Lipinski definition) is 3. The molecule has 5 nitrogen and oxygen atoms in total. The van der Waals surface area contributed by atoms with E-state index in [9.17, 15) is 4.79 Å². The molecule has 150 valence electrons. The highest BCUT2D eigenvalue weighted by Gasteiger charge is 2.31. The van der Waals surface area contributed by atoms with Crippen LogP contribution in [-0.4, -0.2) is 38.6 Å². The molecular formula is C23H25ClN3O2+. The van der Waals surface area contributed by atoms with Crippen LogP contribution in [0.2, 0.25) is 5.02 Å². The summed E-state index contributed by atoms with van der Waals surface area (Å²) in [6.45, 7) is 4.41. The molecule has 0 unspecified atom stereocenters. The maximum Gasteiger partial charge on any atom is 0.251 e. The maximum atomic E-state index is 12.6. The highest BCUT2D eigenvalue weighted by molar-refractivity contribution is 6.30. The predicted molar refractivity (Wildman–Crippen MR) is 115 cm³/mol. The second-order valence-corrected chi connectivity index (χ2v) is 7.71. The van der Waals surface area contributed by atoms with Crippen molar-refractivity contribution in [2.24, 2.45) is 0 Å². The third-order valence-corrected chi connectivity index (χ3v) is 5.70. The SMILES string of the molecule is O=C(NC[C@@H](c1ccco1)[NH+]1CCN(c2ccccc2)CC1)c1cccc(Cl)c1. The van der Waals surface area contributed by atoms with Crippen molar-refractivity contribution in [2.45, 2.75) is 6.04 Å². The van der Waals surface area contributed by atoms with Crippen LogP contribution in [0.15, 0.2) is 77.4 Å². The van der Waals surface area contributed by atoms with Crippen LogP contribution >= 0.6 is 11.6 Å². The number of hydrogen-bond donors (Lipinski definition) is 2. The normalized spacial score (nSPS) is 15.8. The predicted octanol–water partition coefficient (Wildman–Crippen LogP) is 2.81. The van der Waals surface area contributed by atoms with Crippen LogP contribution in [0.25, 0.3) is 0 Å². The van der Waals surface area contributed by atoms with Gasteiger partial charge in [-0.1, -0.05) is 35.9 Å². The number of amides is 1. The van der Waals surface area contributed by atoms with E-state index in [1.54, 1.807) is 30.5 Å². The highest BCUT2D eigenvalue weighted by atomic mass is 35.5. The lowest BCUT2D eigenvalue weighted by Crippen LogP contribution is -3.15. The number of benzene rings is 2. The van der Waals surface area contributed by atoms with Gasteiger partial charge in [0.05, 0.1) is 39.0 Å². The van der Waals surface area contributed by atoms with E-state index in [4.69, 9.17) is 16.0 Å². The summed E-state index contributed by atoms with van der Waals surface area (Å²) in [5.74, 6) is 0.783. The van der Waals surface area contributed by atoms with Gasteiger partial charge < -0.3 is 19.5 Å². The maximum absolute atomic E-state index is 12.6. The molecule has 2 N–H and O–H groups in total. The molecule has 2 aromatic carbocycles. The van der Waals surface area contributed by atoms with Crippen molar-refractivity contribution in [2.75, 3.05) is 37.6 Å². The van der Waals surface area contributed by atoms with Crippen molar-refractivity contribution in [1.29, 1.82) is 0 Å². The molecule has 1 aromatic heterocycles. The third kappa shape index (κ3) is 4.81. The molecule has 1 amide bonds. The molecule has 1 aliphatic rings. The lowest BCUT2D eigenvalue weighted by Gasteiger charge is -2.37. The quantitative estimate of drug-likeness (QED) is 0.657. The van der Waals surface area contributed by atoms with E-state index < -0.39 is 0 Å². The van der Waals surface area contributed by atoms with Crippen molar-refractivity contribution in [3.63, 3.8) is 0 Å². The van der Waals surface area contributed by atoms with E-state index in [1.807, 2.05) is 18.2 Å². The van der Waals surface area contributed by atoms with Gasteiger partial charge in [-0.15, -0.1) is 0 Å². The molecule has 0 spiro atoms. The summed E-state index contributed by atoms with van der Waals surface area (Å²) in [7, 11) is 0. The second kappa shape index (κ2) is 9.16. The number of anilines is 1. The molecular weight excluding hydrogens is 386 g/mol. The molecule has 3 aromatic rings. The fourth-order valence-corrected chi connectivity index (χ4v) is 4.09. The Kier molecular flexibility index (Phi) is 6.17. The van der Waals surface area contributed by atoms with Crippen LogP contribution in [0.1, 0.15) is 22.2 Å². The second-order valence-electron chi connectivity index (χ2n) is 7.27. The van der Waals surface area contributed by atoms with Gasteiger partial charge in [0.1, 0.15) is 0 Å². The summed E-state index contributed by atoms with van der Waals surface area (Å²) in [6.07, 6.45) is 1.70. The van der Waals surface area contributed by atoms with Crippen molar-refractivity contribution >= 4 is 23.2 Å². The molecule has 29 heavy (non-hydrogen) atoms. The van der Waals surface area contributed by atoms with Crippen LogP contribution < -0.4 is 15.1 Å². The van der Waals surface area contributed by atoms with Gasteiger partial charge in [0.2, 0.25) is 0 Å². The number of furan rings is 1. The van der Waals surface area contributed by atoms with Crippen LogP contribution in [0, 0.1) is 0 Å². The monoisotopic (exact) mass is 410 g/mol. The van der Waals surface area contributed by atoms with E-state index in [0.717, 1.165) is 31.9 Å². The van der Waals surface area contributed by atoms with Crippen molar-refractivity contribution in [1.82, 2.24) is 5.32 Å². The van der Waals surface area contributed by atoms with E-state index in [2.05, 4.69) is 34.5 Å². The highest BCUT2D eigenvalue weighted by Crippen LogP contribution is 2.15. The molecule has 4 rings (SSSR count). The number of nitrogens with zero attached hydrogens (tertiary/aromatic N) is 1. The summed E-state index contributed by atoms with van der Waals surface area (Å²) in [6, 6.07) is 21.5. The number of carbonyl (C=O) groups excluding carboxylic acids is 1. The zero-order chi connectivity index (χ0) is 20.1. The zero-order valence-electron chi connectivity index (χ0n) is 16.2. The first-order valence-corrected chi connectivity index (χ1v) is 10.3. The van der Waals surface area contributed by atoms with Gasteiger partial charge in [0.25, 0.3) is 5.91 Å². The molecule has 2 heterocycles. The van der Waals surface area contributed by atoms with Crippen LogP contribution in [-0.2, 0) is 0 Å². The number of para-hydroxylation sites is 1. The number of piperazine rings is 1. The number of nitrogens with one attached hydrogen (secondary N) is 2. The summed E-state index contributed by atoms with van der Waals surface area (Å²) >= 11 is 6.02. The first-order chi connectivity index (χ1) is 14.2. The van der Waals surface area contributed by atoms with Gasteiger partial charge in [0.15, 0.2) is 11.8 Å². The Morgan fingerprint density at radius 2 is 1.86 bits per heavy atom. The van der Waals surface area contributed by atoms with E-state index in [0.29, 0.717) is 17.1 Å². The van der Waals surface area contributed by atoms with Crippen molar-refractivity contribution in [3.8, 4) is 0 Å². The smallest absolute Gasteiger partial charge is 0.251 e. The Labute approximate surface area is 175 Å². The van der Waals surface area contributed by atoms with Gasteiger partial charge in [-0.3, -0.25) is 4.79 Å². The summed E-state index contributed by atoms with van der Waals surface area (Å²) in [5, 5.41) is 3.62. The first-order valence-electron chi connectivity index (χ1n) is 9.92. The van der Waals surface area contributed by atoms with E-state index in [-0.39, 0.29) is 11.9 Å². The fraction of sp³-hybridized carbons (Fsp3) is 0.261. The minimum absolute atomic E-state index is 0.0751. The average molecular weight is 411 g/mol. The molecule has 1 fully saturated rings. The van der Waals surface area contributed by atoms with Crippen LogP contribution in [0.3, 0.4) is 0 Å². The van der Waals surface area contributed by atoms with Gasteiger partial charge in [-0.25, -0.2) is 0 Å². The van der Waals surface area contributed by atoms with Crippen molar-refractivity contribution < 1.29 is 14.1 Å². The van der Waals surface area contributed by atoms with E-state index in [1.165, 1.54) is 10.6 Å². The van der Waals surface area contributed by atoms with Gasteiger partial charge in [-0.05, 0) is 42.5 Å². The minimum atomic E-state index is -0.119. The number of rotatable bonds is 6. The van der Waals surface area contributed by atoms with Gasteiger partial charge in [-0.2, -0.15) is 0 Å². The van der Waals surface area contributed by atoms with Crippen molar-refractivity contribution in [3.05, 3.63) is 89.3 Å². The Morgan fingerprint density at radius 1 is 1.07 bits per heavy atom. The van der Waals surface area contributed by atoms with Gasteiger partial charge >= 0.3 is 0 Å². The molecule has 0 aliphatic carbocycles. The molecule has 1 saturated heterocycles. The van der Waals surface area contributed by atoms with Gasteiger partial charge in [0, 0.05) is 16.3 Å². The van der Waals surface area contributed by atoms with Crippen LogP contribution in [0.4, 0.5) is 5.69 Å². The molecule has 6 heteroatoms. The number of quaternary nitrogens is 1. The third-order valence-electron chi connectivity index (χ3n) is 5.46. The molecule has 0 bridgehead atoms. The Morgan fingerprint density at radius 3 is 2.55 bits per heavy atom. The van der Waals surface area contributed by atoms with E-state index >= 15 is 0 Å². The lowest BCUT2D eigenvalue weighted by molar-refractivity contribution is -0.932. The van der Waals surface area contributed by atoms with Crippen LogP contribution in [0.5, 0.6) is 0 Å². The minimum Gasteiger partial charge on any atom is -0.463 e. The Bertz CT molecular complexity index is 922. The topological polar surface area (TPSA) is 49.9 Å². The number of carbonyl (C=O) groups is 1. The number of halogens is 1. The lowest BCUT2D eigenvalue weighted by atomic mass is 10.1. The standard InChI is InChI=1S/C23H24ClN3O2/c24-19-7-4-6-18(16-19)23(28)25-17-21(22-10-5-15-29-22)27-13-11-26(12-14-27)20-8-2-1-3-9-20/h1-10,15-16,21H,11-14,17H2,(H,25,28)/p+1/t21-/m0/s1. The molecule has 1 aliphatic heterocycles. The Hall–Kier alpha value is -2.76. The summed E-state index contributed by atoms with van der Waals surface area (Å²) < 4.78 is 5.71. The summed E-state index contributed by atoms with van der Waals surface area (Å²) in [4.78, 5) is 16.4. The summed E-state index contributed by atoms with van der Waals surface area (Å²) in [5.41, 5.74) is 1.83. The average Bonchev–Trinajstić information content (AvgIpc) is 3.29. The largest absolute Gasteiger partial charge is 0.463 e. The fourth-order valence-electron chi connectivity index (χ4n) is 3.90. The molecule has 1 atom stereocenters.